The molecule has 0 aliphatic carbocycles. The smallest absolute Gasteiger partial charge is 0.0637 e. The summed E-state index contributed by atoms with van der Waals surface area (Å²) in [4.78, 5) is 0. The third-order valence-corrected chi connectivity index (χ3v) is 2.78. The second-order valence-electron chi connectivity index (χ2n) is 4.39. The van der Waals surface area contributed by atoms with Gasteiger partial charge in [0.25, 0.3) is 0 Å². The van der Waals surface area contributed by atoms with E-state index < -0.39 is 0 Å². The van der Waals surface area contributed by atoms with Gasteiger partial charge < -0.3 is 5.32 Å². The van der Waals surface area contributed by atoms with Crippen molar-refractivity contribution >= 4 is 0 Å². The Hall–Kier alpha value is -0.830. The fourth-order valence-corrected chi connectivity index (χ4v) is 1.79. The molecule has 0 unspecified atom stereocenters. The van der Waals surface area contributed by atoms with Gasteiger partial charge in [0.1, 0.15) is 0 Å². The van der Waals surface area contributed by atoms with Crippen molar-refractivity contribution in [3.8, 4) is 0 Å². The van der Waals surface area contributed by atoms with E-state index in [4.69, 9.17) is 0 Å². The second-order valence-corrected chi connectivity index (χ2v) is 4.39. The van der Waals surface area contributed by atoms with Crippen molar-refractivity contribution in [2.75, 3.05) is 13.1 Å². The molecule has 1 rings (SSSR count). The molecular formula is C13H25N3. The zero-order valence-electron chi connectivity index (χ0n) is 10.7. The fraction of sp³-hybridized carbons (Fsp3) is 0.769. The summed E-state index contributed by atoms with van der Waals surface area (Å²) in [6.45, 7) is 4.45. The average Bonchev–Trinajstić information content (AvgIpc) is 2.68. The molecule has 0 amide bonds. The highest BCUT2D eigenvalue weighted by molar-refractivity contribution is 4.98. The molecule has 92 valence electrons. The Bertz CT molecular complexity index is 268. The molecule has 0 aliphatic rings. The largest absolute Gasteiger partial charge is 0.316 e. The van der Waals surface area contributed by atoms with Crippen molar-refractivity contribution in [3.63, 3.8) is 0 Å². The molecule has 0 fully saturated rings. The van der Waals surface area contributed by atoms with Gasteiger partial charge in [-0.1, -0.05) is 32.6 Å². The molecule has 1 aromatic rings. The van der Waals surface area contributed by atoms with Crippen LogP contribution in [-0.4, -0.2) is 22.9 Å². The minimum Gasteiger partial charge on any atom is -0.316 e. The Morgan fingerprint density at radius 1 is 1.19 bits per heavy atom. The van der Waals surface area contributed by atoms with Gasteiger partial charge in [-0.25, -0.2) is 0 Å². The van der Waals surface area contributed by atoms with E-state index in [9.17, 15) is 0 Å². The molecule has 0 aliphatic heterocycles. The summed E-state index contributed by atoms with van der Waals surface area (Å²) in [5.41, 5.74) is 1.18. The lowest BCUT2D eigenvalue weighted by Gasteiger charge is -2.03. The van der Waals surface area contributed by atoms with Crippen LogP contribution in [0.3, 0.4) is 0 Å². The van der Waals surface area contributed by atoms with Gasteiger partial charge in [-0.15, -0.1) is 0 Å². The molecule has 1 heterocycles. The molecule has 16 heavy (non-hydrogen) atoms. The maximum Gasteiger partial charge on any atom is 0.0637 e. The van der Waals surface area contributed by atoms with Crippen molar-refractivity contribution < 1.29 is 0 Å². The Labute approximate surface area is 99.2 Å². The lowest BCUT2D eigenvalue weighted by Crippen LogP contribution is -2.18. The maximum absolute atomic E-state index is 4.35. The number of nitrogens with one attached hydrogen (secondary N) is 1. The number of aryl methyl sites for hydroxylation is 1. The van der Waals surface area contributed by atoms with Gasteiger partial charge in [0.2, 0.25) is 0 Å². The first kappa shape index (κ1) is 13.2. The first-order chi connectivity index (χ1) is 7.83. The summed E-state index contributed by atoms with van der Waals surface area (Å²) in [5.74, 6) is 0. The van der Waals surface area contributed by atoms with E-state index in [1.165, 1.54) is 37.8 Å². The molecule has 1 aromatic heterocycles. The van der Waals surface area contributed by atoms with E-state index in [1.807, 2.05) is 17.9 Å². The maximum atomic E-state index is 4.35. The van der Waals surface area contributed by atoms with Gasteiger partial charge >= 0.3 is 0 Å². The van der Waals surface area contributed by atoms with Gasteiger partial charge in [-0.2, -0.15) is 5.10 Å². The normalized spacial score (nSPS) is 10.9. The molecule has 0 spiro atoms. The van der Waals surface area contributed by atoms with E-state index in [0.717, 1.165) is 19.5 Å². The average molecular weight is 223 g/mol. The molecule has 0 atom stereocenters. The Morgan fingerprint density at radius 2 is 2.00 bits per heavy atom. The van der Waals surface area contributed by atoms with E-state index in [0.29, 0.717) is 0 Å². The number of rotatable bonds is 9. The van der Waals surface area contributed by atoms with Crippen LogP contribution in [0, 0.1) is 0 Å². The zero-order valence-corrected chi connectivity index (χ0v) is 10.7. The summed E-state index contributed by atoms with van der Waals surface area (Å²) in [6, 6.07) is 2.09. The van der Waals surface area contributed by atoms with Crippen LogP contribution in [0.4, 0.5) is 0 Å². The van der Waals surface area contributed by atoms with E-state index >= 15 is 0 Å². The predicted octanol–water partition coefficient (Wildman–Crippen LogP) is 2.52. The van der Waals surface area contributed by atoms with Crippen LogP contribution in [0.2, 0.25) is 0 Å². The number of hydrogen-bond donors (Lipinski definition) is 1. The standard InChI is InChI=1S/C13H25N3/c1-3-4-5-6-7-10-14-11-8-13-9-12-16(2)15-13/h9,12,14H,3-8,10-11H2,1-2H3. The van der Waals surface area contributed by atoms with Gasteiger partial charge in [0.05, 0.1) is 5.69 Å². The molecule has 0 aromatic carbocycles. The minimum absolute atomic E-state index is 1.04. The SMILES string of the molecule is CCCCCCCNCCc1ccn(C)n1. The number of unbranched alkanes of at least 4 members (excludes halogenated alkanes) is 4. The molecule has 0 saturated heterocycles. The summed E-state index contributed by atoms with van der Waals surface area (Å²) >= 11 is 0. The number of aromatic nitrogens is 2. The summed E-state index contributed by atoms with van der Waals surface area (Å²) in [5, 5.41) is 7.82. The lowest BCUT2D eigenvalue weighted by molar-refractivity contribution is 0.581. The highest BCUT2D eigenvalue weighted by Gasteiger charge is 1.95. The lowest BCUT2D eigenvalue weighted by atomic mass is 10.1. The quantitative estimate of drug-likeness (QED) is 0.652. The first-order valence-corrected chi connectivity index (χ1v) is 6.52. The van der Waals surface area contributed by atoms with Gasteiger partial charge in [-0.3, -0.25) is 4.68 Å². The van der Waals surface area contributed by atoms with Crippen molar-refractivity contribution in [2.45, 2.75) is 45.4 Å². The Balaban J connectivity index is 1.88. The highest BCUT2D eigenvalue weighted by Crippen LogP contribution is 2.01. The molecule has 3 heteroatoms. The summed E-state index contributed by atoms with van der Waals surface area (Å²) < 4.78 is 1.86. The van der Waals surface area contributed by atoms with Crippen molar-refractivity contribution in [1.29, 1.82) is 0 Å². The third-order valence-electron chi connectivity index (χ3n) is 2.78. The molecular weight excluding hydrogens is 198 g/mol. The van der Waals surface area contributed by atoms with Crippen LogP contribution in [0.5, 0.6) is 0 Å². The predicted molar refractivity (Wildman–Crippen MR) is 68.5 cm³/mol. The topological polar surface area (TPSA) is 29.9 Å². The Morgan fingerprint density at radius 3 is 2.69 bits per heavy atom. The summed E-state index contributed by atoms with van der Waals surface area (Å²) in [6.07, 6.45) is 9.81. The fourth-order valence-electron chi connectivity index (χ4n) is 1.79. The molecule has 0 bridgehead atoms. The monoisotopic (exact) mass is 223 g/mol. The van der Waals surface area contributed by atoms with Crippen LogP contribution in [-0.2, 0) is 13.5 Å². The van der Waals surface area contributed by atoms with Crippen molar-refractivity contribution in [1.82, 2.24) is 15.1 Å². The minimum atomic E-state index is 1.04. The first-order valence-electron chi connectivity index (χ1n) is 6.52. The molecule has 0 radical (unpaired) electrons. The molecule has 3 nitrogen and oxygen atoms in total. The van der Waals surface area contributed by atoms with Crippen LogP contribution in [0.15, 0.2) is 12.3 Å². The van der Waals surface area contributed by atoms with Crippen LogP contribution < -0.4 is 5.32 Å². The second kappa shape index (κ2) is 8.34. The van der Waals surface area contributed by atoms with Gasteiger partial charge in [0, 0.05) is 26.2 Å². The van der Waals surface area contributed by atoms with Crippen LogP contribution >= 0.6 is 0 Å². The van der Waals surface area contributed by atoms with Gasteiger partial charge in [-0.05, 0) is 19.0 Å². The number of nitrogens with zero attached hydrogens (tertiary/aromatic N) is 2. The van der Waals surface area contributed by atoms with E-state index in [1.54, 1.807) is 0 Å². The van der Waals surface area contributed by atoms with Crippen LogP contribution in [0.25, 0.3) is 0 Å². The number of hydrogen-bond acceptors (Lipinski definition) is 2. The molecule has 0 saturated carbocycles. The Kier molecular flexibility index (Phi) is 6.90. The van der Waals surface area contributed by atoms with E-state index in [2.05, 4.69) is 23.4 Å². The van der Waals surface area contributed by atoms with E-state index in [-0.39, 0.29) is 0 Å². The van der Waals surface area contributed by atoms with Crippen molar-refractivity contribution in [3.05, 3.63) is 18.0 Å². The molecule has 1 N–H and O–H groups in total. The van der Waals surface area contributed by atoms with Gasteiger partial charge in [0.15, 0.2) is 0 Å². The third kappa shape index (κ3) is 5.91. The summed E-state index contributed by atoms with van der Waals surface area (Å²) in [7, 11) is 1.96. The van der Waals surface area contributed by atoms with Crippen LogP contribution in [0.1, 0.15) is 44.7 Å². The highest BCUT2D eigenvalue weighted by atomic mass is 15.2. The zero-order chi connectivity index (χ0) is 11.6. The van der Waals surface area contributed by atoms with Crippen molar-refractivity contribution in [2.24, 2.45) is 7.05 Å².